The van der Waals surface area contributed by atoms with E-state index in [9.17, 15) is 14.0 Å². The molecule has 0 saturated heterocycles. The Hall–Kier alpha value is -3.52. The lowest BCUT2D eigenvalue weighted by Gasteiger charge is -2.26. The molecule has 0 saturated carbocycles. The van der Waals surface area contributed by atoms with Crippen LogP contribution in [0.2, 0.25) is 5.02 Å². The molecule has 0 spiro atoms. The Morgan fingerprint density at radius 1 is 0.974 bits per heavy atom. The first-order valence-corrected chi connectivity index (χ1v) is 12.8. The van der Waals surface area contributed by atoms with Crippen LogP contribution in [0.15, 0.2) is 88.6 Å². The molecule has 1 heterocycles. The SMILES string of the molecule is Cc1cccc(F)c1Cn1cc(-c2ccccc2Cl)c(=O)n(CC(NCC(C)(C)N)c2ccccc2)c1=O. The van der Waals surface area contributed by atoms with Gasteiger partial charge in [0, 0.05) is 34.4 Å². The molecule has 0 aliphatic rings. The van der Waals surface area contributed by atoms with Gasteiger partial charge in [-0.3, -0.25) is 13.9 Å². The van der Waals surface area contributed by atoms with Crippen molar-refractivity contribution in [1.82, 2.24) is 14.5 Å². The molecular formula is C30H32ClFN4O2. The minimum atomic E-state index is -0.539. The molecule has 1 atom stereocenters. The fourth-order valence-corrected chi connectivity index (χ4v) is 4.61. The summed E-state index contributed by atoms with van der Waals surface area (Å²) in [4.78, 5) is 27.6. The predicted molar refractivity (Wildman–Crippen MR) is 151 cm³/mol. The molecule has 0 amide bonds. The van der Waals surface area contributed by atoms with Crippen molar-refractivity contribution < 1.29 is 4.39 Å². The summed E-state index contributed by atoms with van der Waals surface area (Å²) in [7, 11) is 0. The largest absolute Gasteiger partial charge is 0.331 e. The van der Waals surface area contributed by atoms with Crippen molar-refractivity contribution >= 4 is 11.6 Å². The molecule has 198 valence electrons. The Labute approximate surface area is 226 Å². The van der Waals surface area contributed by atoms with E-state index in [1.807, 2.05) is 44.2 Å². The van der Waals surface area contributed by atoms with Gasteiger partial charge in [0.2, 0.25) is 0 Å². The molecule has 0 bridgehead atoms. The summed E-state index contributed by atoms with van der Waals surface area (Å²) in [6.07, 6.45) is 1.47. The van der Waals surface area contributed by atoms with E-state index in [1.165, 1.54) is 21.4 Å². The number of aromatic nitrogens is 2. The van der Waals surface area contributed by atoms with Crippen molar-refractivity contribution in [2.45, 2.75) is 45.4 Å². The maximum absolute atomic E-state index is 14.8. The Balaban J connectivity index is 1.88. The fraction of sp³-hybridized carbons (Fsp3) is 0.267. The molecule has 0 fully saturated rings. The molecule has 4 aromatic rings. The van der Waals surface area contributed by atoms with Gasteiger partial charge in [0.1, 0.15) is 5.82 Å². The summed E-state index contributed by atoms with van der Waals surface area (Å²) in [6, 6.07) is 21.0. The van der Waals surface area contributed by atoms with Crippen LogP contribution in [-0.4, -0.2) is 21.2 Å². The van der Waals surface area contributed by atoms with Crippen molar-refractivity contribution in [2.24, 2.45) is 5.73 Å². The van der Waals surface area contributed by atoms with Crippen LogP contribution in [0.5, 0.6) is 0 Å². The molecule has 0 aliphatic carbocycles. The minimum absolute atomic E-state index is 0.0334. The highest BCUT2D eigenvalue weighted by molar-refractivity contribution is 6.33. The number of halogens is 2. The molecule has 0 radical (unpaired) electrons. The van der Waals surface area contributed by atoms with Gasteiger partial charge >= 0.3 is 5.69 Å². The Bertz CT molecular complexity index is 1520. The molecule has 4 rings (SSSR count). The van der Waals surface area contributed by atoms with E-state index in [2.05, 4.69) is 5.32 Å². The van der Waals surface area contributed by atoms with Crippen LogP contribution < -0.4 is 22.3 Å². The lowest BCUT2D eigenvalue weighted by Crippen LogP contribution is -2.47. The third-order valence-corrected chi connectivity index (χ3v) is 6.78. The second-order valence-electron chi connectivity index (χ2n) is 10.2. The van der Waals surface area contributed by atoms with Crippen LogP contribution in [0.25, 0.3) is 11.1 Å². The molecule has 1 unspecified atom stereocenters. The predicted octanol–water partition coefficient (Wildman–Crippen LogP) is 4.89. The Morgan fingerprint density at radius 3 is 2.32 bits per heavy atom. The van der Waals surface area contributed by atoms with Crippen LogP contribution >= 0.6 is 11.6 Å². The molecule has 8 heteroatoms. The zero-order valence-electron chi connectivity index (χ0n) is 21.7. The highest BCUT2D eigenvalue weighted by Crippen LogP contribution is 2.25. The zero-order valence-corrected chi connectivity index (χ0v) is 22.5. The quantitative estimate of drug-likeness (QED) is 0.320. The maximum atomic E-state index is 14.8. The van der Waals surface area contributed by atoms with Crippen LogP contribution in [0.4, 0.5) is 4.39 Å². The number of hydrogen-bond donors (Lipinski definition) is 2. The summed E-state index contributed by atoms with van der Waals surface area (Å²) in [5.41, 5.74) is 7.45. The summed E-state index contributed by atoms with van der Waals surface area (Å²) in [5.74, 6) is -0.414. The van der Waals surface area contributed by atoms with E-state index in [4.69, 9.17) is 17.3 Å². The van der Waals surface area contributed by atoms with Crippen LogP contribution in [0.1, 0.15) is 36.6 Å². The van der Waals surface area contributed by atoms with Crippen molar-refractivity contribution in [3.63, 3.8) is 0 Å². The first-order valence-electron chi connectivity index (χ1n) is 12.5. The number of rotatable bonds is 9. The molecule has 3 N–H and O–H groups in total. The van der Waals surface area contributed by atoms with Crippen molar-refractivity contribution in [3.05, 3.63) is 127 Å². The molecule has 0 aliphatic heterocycles. The van der Waals surface area contributed by atoms with Crippen molar-refractivity contribution in [1.29, 1.82) is 0 Å². The van der Waals surface area contributed by atoms with Gasteiger partial charge in [-0.1, -0.05) is 72.3 Å². The van der Waals surface area contributed by atoms with E-state index < -0.39 is 22.6 Å². The van der Waals surface area contributed by atoms with Gasteiger partial charge in [-0.2, -0.15) is 0 Å². The number of hydrogen-bond acceptors (Lipinski definition) is 4. The second-order valence-corrected chi connectivity index (χ2v) is 10.6. The highest BCUT2D eigenvalue weighted by atomic mass is 35.5. The van der Waals surface area contributed by atoms with Gasteiger partial charge in [0.05, 0.1) is 24.7 Å². The van der Waals surface area contributed by atoms with Gasteiger partial charge in [-0.05, 0) is 44.0 Å². The zero-order chi connectivity index (χ0) is 27.4. The van der Waals surface area contributed by atoms with E-state index in [0.717, 1.165) is 5.56 Å². The fourth-order valence-electron chi connectivity index (χ4n) is 4.37. The van der Waals surface area contributed by atoms with E-state index >= 15 is 0 Å². The third kappa shape index (κ3) is 6.30. The van der Waals surface area contributed by atoms with Gasteiger partial charge in [-0.25, -0.2) is 9.18 Å². The number of nitrogens with one attached hydrogen (secondary N) is 1. The van der Waals surface area contributed by atoms with E-state index in [1.54, 1.807) is 43.3 Å². The lowest BCUT2D eigenvalue weighted by atomic mass is 10.0. The number of nitrogens with zero attached hydrogens (tertiary/aromatic N) is 2. The normalized spacial score (nSPS) is 12.5. The number of aryl methyl sites for hydroxylation is 1. The van der Waals surface area contributed by atoms with Crippen molar-refractivity contribution in [3.8, 4) is 11.1 Å². The standard InChI is InChI=1S/C30H32ClFN4O2/c1-20-10-9-15-26(32)23(20)16-35-17-24(22-13-7-8-14-25(22)31)28(37)36(29(35)38)18-27(34-19-30(2,3)33)21-11-5-4-6-12-21/h4-15,17,27,34H,16,18-19,33H2,1-3H3. The van der Waals surface area contributed by atoms with Crippen LogP contribution in [-0.2, 0) is 13.1 Å². The summed E-state index contributed by atoms with van der Waals surface area (Å²) < 4.78 is 17.3. The smallest absolute Gasteiger partial charge is 0.324 e. The van der Waals surface area contributed by atoms with Gasteiger partial charge in [0.25, 0.3) is 5.56 Å². The number of benzene rings is 3. The second kappa shape index (κ2) is 11.5. The van der Waals surface area contributed by atoms with Gasteiger partial charge < -0.3 is 11.1 Å². The average molecular weight is 535 g/mol. The molecule has 38 heavy (non-hydrogen) atoms. The summed E-state index contributed by atoms with van der Waals surface area (Å²) >= 11 is 6.47. The van der Waals surface area contributed by atoms with Crippen molar-refractivity contribution in [2.75, 3.05) is 6.54 Å². The monoisotopic (exact) mass is 534 g/mol. The first-order chi connectivity index (χ1) is 18.0. The third-order valence-electron chi connectivity index (χ3n) is 6.45. The molecule has 1 aromatic heterocycles. The maximum Gasteiger partial charge on any atom is 0.331 e. The van der Waals surface area contributed by atoms with Crippen LogP contribution in [0, 0.1) is 12.7 Å². The summed E-state index contributed by atoms with van der Waals surface area (Å²) in [5, 5.41) is 3.80. The summed E-state index contributed by atoms with van der Waals surface area (Å²) in [6.45, 7) is 6.05. The van der Waals surface area contributed by atoms with Gasteiger partial charge in [0.15, 0.2) is 0 Å². The van der Waals surface area contributed by atoms with Crippen LogP contribution in [0.3, 0.4) is 0 Å². The molecule has 3 aromatic carbocycles. The molecule has 6 nitrogen and oxygen atoms in total. The van der Waals surface area contributed by atoms with E-state index in [0.29, 0.717) is 28.3 Å². The topological polar surface area (TPSA) is 82.1 Å². The lowest BCUT2D eigenvalue weighted by molar-refractivity contribution is 0.382. The minimum Gasteiger partial charge on any atom is -0.324 e. The van der Waals surface area contributed by atoms with E-state index in [-0.39, 0.29) is 24.7 Å². The molecular weight excluding hydrogens is 503 g/mol. The Morgan fingerprint density at radius 2 is 1.66 bits per heavy atom. The average Bonchev–Trinajstić information content (AvgIpc) is 2.87. The first kappa shape index (κ1) is 27.5. The number of nitrogens with two attached hydrogens (primary N) is 1. The van der Waals surface area contributed by atoms with Gasteiger partial charge in [-0.15, -0.1) is 0 Å². The highest BCUT2D eigenvalue weighted by Gasteiger charge is 2.22. The Kier molecular flexibility index (Phi) is 8.31.